The van der Waals surface area contributed by atoms with Gasteiger partial charge in [0.2, 0.25) is 0 Å². The van der Waals surface area contributed by atoms with Crippen LogP contribution in [0.3, 0.4) is 0 Å². The Morgan fingerprint density at radius 3 is 1.52 bits per heavy atom. The Balaban J connectivity index is 1.03. The molecule has 1 aromatic heterocycles. The lowest BCUT2D eigenvalue weighted by Gasteiger charge is -2.42. The van der Waals surface area contributed by atoms with Crippen LogP contribution in [-0.2, 0) is 0 Å². The molecule has 0 radical (unpaired) electrons. The normalized spacial score (nSPS) is 16.5. The quantitative estimate of drug-likeness (QED) is 0.180. The summed E-state index contributed by atoms with van der Waals surface area (Å²) in [6.45, 7) is 0. The van der Waals surface area contributed by atoms with E-state index in [9.17, 15) is 0 Å². The van der Waals surface area contributed by atoms with E-state index in [0.717, 1.165) is 62.4 Å². The second kappa shape index (κ2) is 12.4. The number of benzene rings is 6. The lowest BCUT2D eigenvalue weighted by molar-refractivity contribution is 0.218. The Morgan fingerprint density at radius 1 is 0.423 bits per heavy atom. The van der Waals surface area contributed by atoms with Crippen molar-refractivity contribution in [3.8, 4) is 51.4 Å². The van der Waals surface area contributed by atoms with E-state index in [1.807, 2.05) is 84.9 Å². The fourth-order valence-electron chi connectivity index (χ4n) is 7.16. The molecule has 10 rings (SSSR count). The number of para-hydroxylation sites is 6. The fraction of sp³-hybridized carbons (Fsp3) is 0.0444. The SMILES string of the molecule is C1=CC2Oc3ccccc3N(c3ccc(-c4nc(-c5ccccc5)nc(-c5ccc(N6c7ccccc7Oc7ccccc76)cc5)n4)cc3)C2C=C1. The molecular formula is C45H31N5O2. The van der Waals surface area contributed by atoms with Crippen molar-refractivity contribution in [2.45, 2.75) is 12.1 Å². The van der Waals surface area contributed by atoms with Crippen molar-refractivity contribution in [2.75, 3.05) is 9.80 Å². The van der Waals surface area contributed by atoms with Gasteiger partial charge in [0.15, 0.2) is 29.0 Å². The summed E-state index contributed by atoms with van der Waals surface area (Å²) in [7, 11) is 0. The predicted molar refractivity (Wildman–Crippen MR) is 206 cm³/mol. The molecule has 2 atom stereocenters. The van der Waals surface area contributed by atoms with Crippen LogP contribution in [0.1, 0.15) is 0 Å². The minimum Gasteiger partial charge on any atom is -0.482 e. The third kappa shape index (κ3) is 5.18. The van der Waals surface area contributed by atoms with Gasteiger partial charge >= 0.3 is 0 Å². The monoisotopic (exact) mass is 673 g/mol. The van der Waals surface area contributed by atoms with Gasteiger partial charge in [-0.2, -0.15) is 0 Å². The average molecular weight is 674 g/mol. The van der Waals surface area contributed by atoms with Gasteiger partial charge in [0.05, 0.1) is 23.1 Å². The second-order valence-electron chi connectivity index (χ2n) is 12.8. The van der Waals surface area contributed by atoms with Crippen molar-refractivity contribution in [2.24, 2.45) is 0 Å². The number of rotatable bonds is 5. The molecular weight excluding hydrogens is 643 g/mol. The van der Waals surface area contributed by atoms with Crippen LogP contribution in [0.15, 0.2) is 176 Å². The van der Waals surface area contributed by atoms with E-state index in [4.69, 9.17) is 24.4 Å². The van der Waals surface area contributed by atoms with E-state index in [-0.39, 0.29) is 12.1 Å². The summed E-state index contributed by atoms with van der Waals surface area (Å²) in [5, 5.41) is 0. The van der Waals surface area contributed by atoms with Gasteiger partial charge in [-0.05, 0) is 91.0 Å². The zero-order valence-electron chi connectivity index (χ0n) is 28.0. The minimum absolute atomic E-state index is 0.0432. The zero-order chi connectivity index (χ0) is 34.4. The van der Waals surface area contributed by atoms with E-state index in [0.29, 0.717) is 17.5 Å². The van der Waals surface area contributed by atoms with E-state index >= 15 is 0 Å². The number of ether oxygens (including phenoxy) is 2. The first kappa shape index (κ1) is 29.9. The molecule has 52 heavy (non-hydrogen) atoms. The summed E-state index contributed by atoms with van der Waals surface area (Å²) < 4.78 is 12.6. The molecule has 0 N–H and O–H groups in total. The highest BCUT2D eigenvalue weighted by Crippen LogP contribution is 2.50. The second-order valence-corrected chi connectivity index (χ2v) is 12.8. The minimum atomic E-state index is -0.0711. The topological polar surface area (TPSA) is 63.6 Å². The molecule has 0 saturated heterocycles. The molecule has 3 heterocycles. The Hall–Kier alpha value is -6.99. The highest BCUT2D eigenvalue weighted by Gasteiger charge is 2.34. The lowest BCUT2D eigenvalue weighted by Crippen LogP contribution is -2.46. The number of allylic oxidation sites excluding steroid dienone is 2. The first-order valence-electron chi connectivity index (χ1n) is 17.4. The maximum Gasteiger partial charge on any atom is 0.164 e. The molecule has 0 fully saturated rings. The highest BCUT2D eigenvalue weighted by atomic mass is 16.5. The maximum atomic E-state index is 6.35. The lowest BCUT2D eigenvalue weighted by atomic mass is 9.99. The Morgan fingerprint density at radius 2 is 0.904 bits per heavy atom. The van der Waals surface area contributed by atoms with Crippen LogP contribution in [0, 0.1) is 0 Å². The average Bonchev–Trinajstić information content (AvgIpc) is 3.22. The van der Waals surface area contributed by atoms with Crippen molar-refractivity contribution < 1.29 is 9.47 Å². The highest BCUT2D eigenvalue weighted by molar-refractivity contribution is 5.86. The zero-order valence-corrected chi connectivity index (χ0v) is 28.0. The van der Waals surface area contributed by atoms with Gasteiger partial charge in [-0.3, -0.25) is 0 Å². The van der Waals surface area contributed by atoms with Crippen LogP contribution < -0.4 is 19.3 Å². The van der Waals surface area contributed by atoms with Crippen LogP contribution >= 0.6 is 0 Å². The van der Waals surface area contributed by atoms with E-state index in [1.165, 1.54) is 0 Å². The maximum absolute atomic E-state index is 6.35. The van der Waals surface area contributed by atoms with Crippen LogP contribution in [0.4, 0.5) is 28.4 Å². The first-order valence-corrected chi connectivity index (χ1v) is 17.4. The van der Waals surface area contributed by atoms with Gasteiger partial charge in [0.25, 0.3) is 0 Å². The number of hydrogen-bond donors (Lipinski definition) is 0. The smallest absolute Gasteiger partial charge is 0.164 e. The summed E-state index contributed by atoms with van der Waals surface area (Å²) in [5.74, 6) is 4.33. The molecule has 2 aliphatic heterocycles. The van der Waals surface area contributed by atoms with E-state index < -0.39 is 0 Å². The van der Waals surface area contributed by atoms with Gasteiger partial charge in [0, 0.05) is 28.1 Å². The number of fused-ring (bicyclic) bond motifs is 4. The number of nitrogens with zero attached hydrogens (tertiary/aromatic N) is 5. The summed E-state index contributed by atoms with van der Waals surface area (Å²) >= 11 is 0. The summed E-state index contributed by atoms with van der Waals surface area (Å²) in [4.78, 5) is 19.6. The molecule has 248 valence electrons. The fourth-order valence-corrected chi connectivity index (χ4v) is 7.16. The molecule has 3 aliphatic rings. The molecule has 0 amide bonds. The third-order valence-electron chi connectivity index (χ3n) is 9.63. The number of anilines is 5. The van der Waals surface area contributed by atoms with Crippen LogP contribution in [0.2, 0.25) is 0 Å². The summed E-state index contributed by atoms with van der Waals surface area (Å²) in [6.07, 6.45) is 8.37. The van der Waals surface area contributed by atoms with Gasteiger partial charge in [-0.1, -0.05) is 85.0 Å². The van der Waals surface area contributed by atoms with Crippen molar-refractivity contribution in [1.82, 2.24) is 15.0 Å². The number of hydrogen-bond acceptors (Lipinski definition) is 7. The van der Waals surface area contributed by atoms with Crippen molar-refractivity contribution in [3.63, 3.8) is 0 Å². The molecule has 1 aliphatic carbocycles. The molecule has 0 saturated carbocycles. The number of aromatic nitrogens is 3. The van der Waals surface area contributed by atoms with Crippen LogP contribution in [0.25, 0.3) is 34.2 Å². The summed E-state index contributed by atoms with van der Waals surface area (Å²) in [6, 6.07) is 51.3. The van der Waals surface area contributed by atoms with Crippen molar-refractivity contribution >= 4 is 28.4 Å². The first-order chi connectivity index (χ1) is 25.8. The van der Waals surface area contributed by atoms with Crippen molar-refractivity contribution in [1.29, 1.82) is 0 Å². The molecule has 7 heteroatoms. The standard InChI is InChI=1S/C45H31N5O2/c1-2-12-30(13-3-1)43-46-44(31-22-26-33(27-23-31)49-35-14-4-8-18-39(35)51-40-19-9-5-15-36(40)49)48-45(47-43)32-24-28-34(29-25-32)50-37-16-6-10-20-41(37)52-42-21-11-7-17-38(42)50/h1-29,35,39H. The largest absolute Gasteiger partial charge is 0.482 e. The Bertz CT molecular complexity index is 2450. The summed E-state index contributed by atoms with van der Waals surface area (Å²) in [5.41, 5.74) is 7.80. The molecule has 7 aromatic rings. The molecule has 6 aromatic carbocycles. The van der Waals surface area contributed by atoms with E-state index in [1.54, 1.807) is 0 Å². The van der Waals surface area contributed by atoms with Crippen molar-refractivity contribution in [3.05, 3.63) is 176 Å². The van der Waals surface area contributed by atoms with Crippen LogP contribution in [0.5, 0.6) is 17.2 Å². The van der Waals surface area contributed by atoms with Gasteiger partial charge in [0.1, 0.15) is 11.9 Å². The molecule has 7 nitrogen and oxygen atoms in total. The van der Waals surface area contributed by atoms with E-state index in [2.05, 4.69) is 101 Å². The Kier molecular flexibility index (Phi) is 7.13. The predicted octanol–water partition coefficient (Wildman–Crippen LogP) is 10.8. The van der Waals surface area contributed by atoms with Crippen LogP contribution in [-0.4, -0.2) is 27.1 Å². The third-order valence-corrected chi connectivity index (χ3v) is 9.63. The molecule has 0 bridgehead atoms. The van der Waals surface area contributed by atoms with Gasteiger partial charge in [-0.25, -0.2) is 15.0 Å². The molecule has 0 spiro atoms. The van der Waals surface area contributed by atoms with Gasteiger partial charge < -0.3 is 19.3 Å². The molecule has 2 unspecified atom stereocenters. The Labute approximate surface area is 301 Å². The van der Waals surface area contributed by atoms with Gasteiger partial charge in [-0.15, -0.1) is 0 Å².